The van der Waals surface area contributed by atoms with Crippen LogP contribution in [0.15, 0.2) is 60.0 Å². The summed E-state index contributed by atoms with van der Waals surface area (Å²) >= 11 is 0. The largest absolute Gasteiger partial charge is 0.481 e. The number of fused-ring (bicyclic) bond motifs is 1. The number of carbonyl (C=O) groups excluding carboxylic acids is 1. The second-order valence-electron chi connectivity index (χ2n) is 7.04. The van der Waals surface area contributed by atoms with E-state index in [1.807, 2.05) is 49.4 Å². The number of aryl methyl sites for hydroxylation is 1. The second kappa shape index (κ2) is 7.79. The molecule has 0 fully saturated rings. The van der Waals surface area contributed by atoms with Crippen LogP contribution in [-0.2, 0) is 9.59 Å². The zero-order chi connectivity index (χ0) is 20.4. The zero-order valence-electron chi connectivity index (χ0n) is 15.9. The van der Waals surface area contributed by atoms with Crippen molar-refractivity contribution in [1.29, 1.82) is 0 Å². The maximum atomic E-state index is 12.8. The number of hydrazone groups is 1. The van der Waals surface area contributed by atoms with Gasteiger partial charge in [0.05, 0.1) is 29.2 Å². The van der Waals surface area contributed by atoms with Gasteiger partial charge in [0.1, 0.15) is 0 Å². The Bertz CT molecular complexity index is 1100. The number of carboxylic acid groups (broad SMARTS) is 1. The van der Waals surface area contributed by atoms with Gasteiger partial charge in [-0.05, 0) is 18.6 Å². The molecule has 146 valence electrons. The lowest BCUT2D eigenvalue weighted by Crippen LogP contribution is -2.27. The molecule has 3 aromatic rings. The van der Waals surface area contributed by atoms with Gasteiger partial charge >= 0.3 is 5.97 Å². The summed E-state index contributed by atoms with van der Waals surface area (Å²) in [7, 11) is 0. The van der Waals surface area contributed by atoms with Crippen molar-refractivity contribution in [3.05, 3.63) is 71.5 Å². The van der Waals surface area contributed by atoms with Crippen molar-refractivity contribution in [1.82, 2.24) is 15.0 Å². The van der Waals surface area contributed by atoms with Crippen LogP contribution in [0.4, 0.5) is 0 Å². The highest BCUT2D eigenvalue weighted by molar-refractivity contribution is 6.03. The minimum absolute atomic E-state index is 0.104. The third-order valence-electron chi connectivity index (χ3n) is 4.99. The van der Waals surface area contributed by atoms with Crippen LogP contribution in [0.25, 0.3) is 11.0 Å². The summed E-state index contributed by atoms with van der Waals surface area (Å²) in [6, 6.07) is 13.3. The van der Waals surface area contributed by atoms with E-state index in [2.05, 4.69) is 15.1 Å². The minimum atomic E-state index is -1.01. The van der Waals surface area contributed by atoms with Crippen LogP contribution in [0.2, 0.25) is 0 Å². The number of carbonyl (C=O) groups is 2. The van der Waals surface area contributed by atoms with Crippen LogP contribution >= 0.6 is 0 Å². The number of nitrogens with zero attached hydrogens (tertiary/aromatic N) is 4. The molecule has 1 atom stereocenters. The van der Waals surface area contributed by atoms with Crippen molar-refractivity contribution >= 4 is 28.6 Å². The standard InChI is InChI=1S/C22H20N4O3/c1-14-5-7-15(8-6-14)18-13-19(26(25-18)20(27)9-10-21(28)29)16-3-2-4-17-22(16)24-12-11-23-17/h2-8,11-12,19H,9-10,13H2,1H3,(H,28,29)/t19-/m1/s1. The van der Waals surface area contributed by atoms with Crippen molar-refractivity contribution in [3.63, 3.8) is 0 Å². The molecule has 0 bridgehead atoms. The number of benzene rings is 2. The van der Waals surface area contributed by atoms with E-state index in [1.165, 1.54) is 5.01 Å². The number of aromatic nitrogens is 2. The van der Waals surface area contributed by atoms with Crippen LogP contribution in [0, 0.1) is 6.92 Å². The Balaban J connectivity index is 1.73. The van der Waals surface area contributed by atoms with Crippen LogP contribution in [0.3, 0.4) is 0 Å². The molecule has 0 saturated carbocycles. The summed E-state index contributed by atoms with van der Waals surface area (Å²) in [5, 5.41) is 15.0. The molecule has 7 heteroatoms. The molecule has 7 nitrogen and oxygen atoms in total. The summed E-state index contributed by atoms with van der Waals surface area (Å²) in [5.41, 5.74) is 5.19. The van der Waals surface area contributed by atoms with Crippen LogP contribution < -0.4 is 0 Å². The van der Waals surface area contributed by atoms with Gasteiger partial charge in [-0.25, -0.2) is 5.01 Å². The number of hydrogen-bond acceptors (Lipinski definition) is 5. The first kappa shape index (κ1) is 18.7. The fourth-order valence-electron chi connectivity index (χ4n) is 3.52. The first-order valence-corrected chi connectivity index (χ1v) is 9.41. The molecule has 2 heterocycles. The van der Waals surface area contributed by atoms with E-state index in [9.17, 15) is 9.59 Å². The Kier molecular flexibility index (Phi) is 5.03. The Hall–Kier alpha value is -3.61. The fourth-order valence-corrected chi connectivity index (χ4v) is 3.52. The molecule has 0 radical (unpaired) electrons. The number of carboxylic acids is 1. The lowest BCUT2D eigenvalue weighted by atomic mass is 9.96. The molecule has 1 amide bonds. The van der Waals surface area contributed by atoms with Gasteiger partial charge in [0.25, 0.3) is 0 Å². The number of amides is 1. The molecule has 1 aliphatic rings. The predicted octanol–water partition coefficient (Wildman–Crippen LogP) is 3.48. The summed E-state index contributed by atoms with van der Waals surface area (Å²) < 4.78 is 0. The van der Waals surface area contributed by atoms with Gasteiger partial charge in [0.2, 0.25) is 5.91 Å². The topological polar surface area (TPSA) is 95.8 Å². The monoisotopic (exact) mass is 388 g/mol. The van der Waals surface area contributed by atoms with Crippen LogP contribution in [-0.4, -0.2) is 37.7 Å². The van der Waals surface area contributed by atoms with Crippen molar-refractivity contribution in [2.45, 2.75) is 32.2 Å². The third kappa shape index (κ3) is 3.85. The molecule has 29 heavy (non-hydrogen) atoms. The van der Waals surface area contributed by atoms with E-state index in [1.54, 1.807) is 12.4 Å². The Morgan fingerprint density at radius 2 is 1.83 bits per heavy atom. The lowest BCUT2D eigenvalue weighted by Gasteiger charge is -2.22. The van der Waals surface area contributed by atoms with E-state index in [0.717, 1.165) is 33.4 Å². The van der Waals surface area contributed by atoms with Crippen molar-refractivity contribution in [2.24, 2.45) is 5.10 Å². The van der Waals surface area contributed by atoms with E-state index in [0.29, 0.717) is 6.42 Å². The van der Waals surface area contributed by atoms with Gasteiger partial charge < -0.3 is 5.11 Å². The minimum Gasteiger partial charge on any atom is -0.481 e. The predicted molar refractivity (Wildman–Crippen MR) is 108 cm³/mol. The quantitative estimate of drug-likeness (QED) is 0.722. The summed E-state index contributed by atoms with van der Waals surface area (Å²) in [6.07, 6.45) is 3.45. The molecule has 2 aromatic carbocycles. The average Bonchev–Trinajstić information content (AvgIpc) is 3.17. The molecule has 0 saturated heterocycles. The lowest BCUT2D eigenvalue weighted by molar-refractivity contribution is -0.141. The third-order valence-corrected chi connectivity index (χ3v) is 4.99. The van der Waals surface area contributed by atoms with Gasteiger partial charge in [-0.3, -0.25) is 19.6 Å². The van der Waals surface area contributed by atoms with Gasteiger partial charge in [0.15, 0.2) is 0 Å². The number of hydrogen-bond donors (Lipinski definition) is 1. The molecule has 1 aromatic heterocycles. The molecular weight excluding hydrogens is 368 g/mol. The summed E-state index contributed by atoms with van der Waals surface area (Å²) in [6.45, 7) is 2.01. The van der Waals surface area contributed by atoms with Crippen molar-refractivity contribution in [3.8, 4) is 0 Å². The van der Waals surface area contributed by atoms with E-state index in [-0.39, 0.29) is 24.8 Å². The SMILES string of the molecule is Cc1ccc(C2=NN(C(=O)CCC(=O)O)[C@@H](c3cccc4nccnc34)C2)cc1. The van der Waals surface area contributed by atoms with E-state index < -0.39 is 5.97 Å². The molecule has 0 aliphatic carbocycles. The Labute approximate surface area is 167 Å². The second-order valence-corrected chi connectivity index (χ2v) is 7.04. The number of rotatable bonds is 5. The molecule has 1 N–H and O–H groups in total. The smallest absolute Gasteiger partial charge is 0.303 e. The number of para-hydroxylation sites is 1. The summed E-state index contributed by atoms with van der Waals surface area (Å²) in [4.78, 5) is 32.6. The number of aliphatic carboxylic acids is 1. The molecule has 1 aliphatic heterocycles. The van der Waals surface area contributed by atoms with Crippen LogP contribution in [0.5, 0.6) is 0 Å². The maximum Gasteiger partial charge on any atom is 0.303 e. The van der Waals surface area contributed by atoms with Gasteiger partial charge in [-0.1, -0.05) is 42.0 Å². The first-order chi connectivity index (χ1) is 14.0. The summed E-state index contributed by atoms with van der Waals surface area (Å²) in [5.74, 6) is -1.33. The molecule has 0 spiro atoms. The Morgan fingerprint density at radius 1 is 1.07 bits per heavy atom. The highest BCUT2D eigenvalue weighted by atomic mass is 16.4. The van der Waals surface area contributed by atoms with Gasteiger partial charge in [0, 0.05) is 30.8 Å². The highest BCUT2D eigenvalue weighted by Gasteiger charge is 2.34. The van der Waals surface area contributed by atoms with Crippen LogP contribution in [0.1, 0.15) is 42.0 Å². The maximum absolute atomic E-state index is 12.8. The molecule has 0 unspecified atom stereocenters. The van der Waals surface area contributed by atoms with E-state index in [4.69, 9.17) is 5.11 Å². The average molecular weight is 388 g/mol. The van der Waals surface area contributed by atoms with Gasteiger partial charge in [-0.2, -0.15) is 5.10 Å². The van der Waals surface area contributed by atoms with Crippen molar-refractivity contribution in [2.75, 3.05) is 0 Å². The van der Waals surface area contributed by atoms with Crippen molar-refractivity contribution < 1.29 is 14.7 Å². The zero-order valence-corrected chi connectivity index (χ0v) is 15.9. The molecule has 4 rings (SSSR count). The van der Waals surface area contributed by atoms with Gasteiger partial charge in [-0.15, -0.1) is 0 Å². The first-order valence-electron chi connectivity index (χ1n) is 9.41. The highest BCUT2D eigenvalue weighted by Crippen LogP contribution is 2.36. The Morgan fingerprint density at radius 3 is 2.59 bits per heavy atom. The fraction of sp³-hybridized carbons (Fsp3) is 0.227. The normalized spacial score (nSPS) is 16.1. The molecular formula is C22H20N4O3. The van der Waals surface area contributed by atoms with E-state index >= 15 is 0 Å².